The summed E-state index contributed by atoms with van der Waals surface area (Å²) in [6.07, 6.45) is -8.39. The lowest BCUT2D eigenvalue weighted by Crippen LogP contribution is -2.35. The zero-order chi connectivity index (χ0) is 12.8. The fourth-order valence-corrected chi connectivity index (χ4v) is 1.56. The lowest BCUT2D eigenvalue weighted by molar-refractivity contribution is -0.133. The first-order valence-corrected chi connectivity index (χ1v) is 5.52. The SMILES string of the molecule is O=C(O)CSCCCC(F)(F)C(F)C(F)F. The fraction of sp³-hybridized carbons (Fsp3) is 0.875. The third-order valence-corrected chi connectivity index (χ3v) is 2.68. The smallest absolute Gasteiger partial charge is 0.313 e. The molecule has 96 valence electrons. The van der Waals surface area contributed by atoms with Gasteiger partial charge in [-0.1, -0.05) is 0 Å². The number of hydrogen-bond acceptors (Lipinski definition) is 2. The van der Waals surface area contributed by atoms with Crippen LogP contribution in [0.4, 0.5) is 22.0 Å². The molecule has 0 amide bonds. The van der Waals surface area contributed by atoms with Crippen molar-refractivity contribution in [1.82, 2.24) is 0 Å². The summed E-state index contributed by atoms with van der Waals surface area (Å²) in [5.41, 5.74) is 0. The van der Waals surface area contributed by atoms with Crippen LogP contribution in [0, 0.1) is 0 Å². The third kappa shape index (κ3) is 6.14. The van der Waals surface area contributed by atoms with Crippen molar-refractivity contribution in [1.29, 1.82) is 0 Å². The number of carbonyl (C=O) groups is 1. The molecule has 0 aromatic heterocycles. The Morgan fingerprint density at radius 2 is 1.88 bits per heavy atom. The van der Waals surface area contributed by atoms with Crippen LogP contribution in [-0.4, -0.2) is 41.1 Å². The number of thioether (sulfide) groups is 1. The van der Waals surface area contributed by atoms with Crippen molar-refractivity contribution >= 4 is 17.7 Å². The molecule has 0 aromatic rings. The van der Waals surface area contributed by atoms with E-state index in [1.807, 2.05) is 0 Å². The van der Waals surface area contributed by atoms with Crippen molar-refractivity contribution in [2.75, 3.05) is 11.5 Å². The van der Waals surface area contributed by atoms with E-state index in [4.69, 9.17) is 5.11 Å². The van der Waals surface area contributed by atoms with Gasteiger partial charge < -0.3 is 5.11 Å². The highest BCUT2D eigenvalue weighted by Gasteiger charge is 2.45. The van der Waals surface area contributed by atoms with Gasteiger partial charge in [0.1, 0.15) is 0 Å². The summed E-state index contributed by atoms with van der Waals surface area (Å²) in [7, 11) is 0. The topological polar surface area (TPSA) is 37.3 Å². The Labute approximate surface area is 93.2 Å². The van der Waals surface area contributed by atoms with Crippen LogP contribution < -0.4 is 0 Å². The van der Waals surface area contributed by atoms with Crippen molar-refractivity contribution < 1.29 is 31.9 Å². The maximum atomic E-state index is 12.7. The normalized spacial score (nSPS) is 14.1. The van der Waals surface area contributed by atoms with Crippen LogP contribution in [-0.2, 0) is 4.79 Å². The maximum Gasteiger partial charge on any atom is 0.313 e. The van der Waals surface area contributed by atoms with Gasteiger partial charge in [-0.3, -0.25) is 4.79 Å². The first kappa shape index (κ1) is 15.5. The van der Waals surface area contributed by atoms with Gasteiger partial charge in [0.15, 0.2) is 0 Å². The first-order chi connectivity index (χ1) is 7.27. The summed E-state index contributed by atoms with van der Waals surface area (Å²) in [4.78, 5) is 10.0. The molecule has 0 aliphatic rings. The zero-order valence-corrected chi connectivity index (χ0v) is 8.95. The Kier molecular flexibility index (Phi) is 6.70. The average molecular weight is 266 g/mol. The zero-order valence-electron chi connectivity index (χ0n) is 8.14. The number of hydrogen-bond donors (Lipinski definition) is 1. The highest BCUT2D eigenvalue weighted by Crippen LogP contribution is 2.31. The van der Waals surface area contributed by atoms with Gasteiger partial charge in [-0.25, -0.2) is 22.0 Å². The Morgan fingerprint density at radius 1 is 1.31 bits per heavy atom. The number of rotatable bonds is 8. The maximum absolute atomic E-state index is 12.7. The average Bonchev–Trinajstić information content (AvgIpc) is 2.15. The molecule has 0 spiro atoms. The molecule has 16 heavy (non-hydrogen) atoms. The largest absolute Gasteiger partial charge is 0.481 e. The molecule has 1 N–H and O–H groups in total. The number of carboxylic acid groups (broad SMARTS) is 1. The highest BCUT2D eigenvalue weighted by molar-refractivity contribution is 7.99. The van der Waals surface area contributed by atoms with Gasteiger partial charge in [0.05, 0.1) is 5.75 Å². The summed E-state index contributed by atoms with van der Waals surface area (Å²) < 4.78 is 61.0. The molecular formula is C8H11F5O2S. The minimum absolute atomic E-state index is 0.0673. The monoisotopic (exact) mass is 266 g/mol. The van der Waals surface area contributed by atoms with E-state index < -0.39 is 30.9 Å². The van der Waals surface area contributed by atoms with Crippen LogP contribution >= 0.6 is 11.8 Å². The molecular weight excluding hydrogens is 255 g/mol. The van der Waals surface area contributed by atoms with E-state index >= 15 is 0 Å². The molecule has 0 aromatic carbocycles. The standard InChI is InChI=1S/C8H11F5O2S/c9-6(7(10)11)8(12,13)2-1-3-16-4-5(14)15/h6-7H,1-4H2,(H,14,15). The van der Waals surface area contributed by atoms with Gasteiger partial charge in [0.25, 0.3) is 12.3 Å². The van der Waals surface area contributed by atoms with Gasteiger partial charge in [0.2, 0.25) is 6.17 Å². The number of halogens is 5. The van der Waals surface area contributed by atoms with Gasteiger partial charge in [0, 0.05) is 6.42 Å². The summed E-state index contributed by atoms with van der Waals surface area (Å²) in [6.45, 7) is 0. The van der Waals surface area contributed by atoms with Crippen LogP contribution in [0.3, 0.4) is 0 Å². The van der Waals surface area contributed by atoms with E-state index in [-0.39, 0.29) is 17.9 Å². The van der Waals surface area contributed by atoms with Crippen LogP contribution in [0.1, 0.15) is 12.8 Å². The van der Waals surface area contributed by atoms with Crippen molar-refractivity contribution in [2.24, 2.45) is 0 Å². The van der Waals surface area contributed by atoms with Crippen LogP contribution in [0.5, 0.6) is 0 Å². The highest BCUT2D eigenvalue weighted by atomic mass is 32.2. The van der Waals surface area contributed by atoms with Crippen LogP contribution in [0.25, 0.3) is 0 Å². The van der Waals surface area contributed by atoms with E-state index in [1.54, 1.807) is 0 Å². The van der Waals surface area contributed by atoms with Crippen molar-refractivity contribution in [3.05, 3.63) is 0 Å². The second-order valence-corrected chi connectivity index (χ2v) is 4.15. The molecule has 8 heteroatoms. The summed E-state index contributed by atoms with van der Waals surface area (Å²) >= 11 is 0.879. The molecule has 0 rings (SSSR count). The van der Waals surface area contributed by atoms with Gasteiger partial charge in [-0.15, -0.1) is 0 Å². The number of carboxylic acids is 1. The molecule has 0 fully saturated rings. The Hall–Kier alpha value is -0.530. The van der Waals surface area contributed by atoms with E-state index in [0.717, 1.165) is 11.8 Å². The lowest BCUT2D eigenvalue weighted by Gasteiger charge is -2.19. The second-order valence-electron chi connectivity index (χ2n) is 3.05. The fourth-order valence-electron chi connectivity index (χ4n) is 0.892. The molecule has 0 aliphatic heterocycles. The van der Waals surface area contributed by atoms with E-state index in [1.165, 1.54) is 0 Å². The summed E-state index contributed by atoms with van der Waals surface area (Å²) in [5, 5.41) is 8.21. The van der Waals surface area contributed by atoms with Crippen molar-refractivity contribution in [3.63, 3.8) is 0 Å². The van der Waals surface area contributed by atoms with Crippen LogP contribution in [0.2, 0.25) is 0 Å². The first-order valence-electron chi connectivity index (χ1n) is 4.37. The van der Waals surface area contributed by atoms with Gasteiger partial charge in [-0.05, 0) is 12.2 Å². The lowest BCUT2D eigenvalue weighted by atomic mass is 10.1. The quantitative estimate of drug-likeness (QED) is 0.542. The second kappa shape index (κ2) is 6.93. The molecule has 0 saturated heterocycles. The third-order valence-electron chi connectivity index (χ3n) is 1.65. The van der Waals surface area contributed by atoms with Crippen molar-refractivity contribution in [2.45, 2.75) is 31.4 Å². The molecule has 2 nitrogen and oxygen atoms in total. The van der Waals surface area contributed by atoms with E-state index in [0.29, 0.717) is 0 Å². The van der Waals surface area contributed by atoms with Crippen molar-refractivity contribution in [3.8, 4) is 0 Å². The number of alkyl halides is 5. The van der Waals surface area contributed by atoms with E-state index in [2.05, 4.69) is 0 Å². The molecule has 0 saturated carbocycles. The Morgan fingerprint density at radius 3 is 2.31 bits per heavy atom. The minimum Gasteiger partial charge on any atom is -0.481 e. The molecule has 0 radical (unpaired) electrons. The molecule has 0 aliphatic carbocycles. The van der Waals surface area contributed by atoms with Gasteiger partial charge >= 0.3 is 5.97 Å². The summed E-state index contributed by atoms with van der Waals surface area (Å²) in [6, 6.07) is 0. The predicted octanol–water partition coefficient (Wildman–Crippen LogP) is 2.82. The van der Waals surface area contributed by atoms with Gasteiger partial charge in [-0.2, -0.15) is 11.8 Å². The Balaban J connectivity index is 3.78. The molecule has 0 heterocycles. The number of aliphatic carboxylic acids is 1. The minimum atomic E-state index is -4.06. The molecule has 0 bridgehead atoms. The summed E-state index contributed by atoms with van der Waals surface area (Å²) in [5.74, 6) is -5.33. The van der Waals surface area contributed by atoms with Crippen LogP contribution in [0.15, 0.2) is 0 Å². The molecule has 1 unspecified atom stereocenters. The molecule has 1 atom stereocenters. The predicted molar refractivity (Wildman–Crippen MR) is 50.0 cm³/mol. The van der Waals surface area contributed by atoms with E-state index in [9.17, 15) is 26.7 Å². The Bertz CT molecular complexity index is 224.